The number of anilines is 1. The third-order valence-corrected chi connectivity index (χ3v) is 5.56. The van der Waals surface area contributed by atoms with Gasteiger partial charge in [0.2, 0.25) is 10.0 Å². The predicted molar refractivity (Wildman–Crippen MR) is 106 cm³/mol. The van der Waals surface area contributed by atoms with Crippen LogP contribution in [0.5, 0.6) is 0 Å². The first-order valence-corrected chi connectivity index (χ1v) is 9.96. The lowest BCUT2D eigenvalue weighted by Crippen LogP contribution is -2.31. The smallest absolute Gasteiger partial charge is 0.240 e. The second kappa shape index (κ2) is 8.17. The zero-order valence-electron chi connectivity index (χ0n) is 14.6. The van der Waals surface area contributed by atoms with Crippen LogP contribution in [0.2, 0.25) is 0 Å². The van der Waals surface area contributed by atoms with Crippen molar-refractivity contribution in [2.45, 2.75) is 17.9 Å². The van der Waals surface area contributed by atoms with E-state index in [0.29, 0.717) is 0 Å². The van der Waals surface area contributed by atoms with Gasteiger partial charge < -0.3 is 5.32 Å². The van der Waals surface area contributed by atoms with Gasteiger partial charge in [-0.2, -0.15) is 0 Å². The summed E-state index contributed by atoms with van der Waals surface area (Å²) in [7, 11) is -3.56. The highest BCUT2D eigenvalue weighted by Crippen LogP contribution is 2.20. The molecule has 26 heavy (non-hydrogen) atoms. The monoisotopic (exact) mass is 366 g/mol. The highest BCUT2D eigenvalue weighted by Gasteiger charge is 2.18. The van der Waals surface area contributed by atoms with E-state index < -0.39 is 10.0 Å². The first-order chi connectivity index (χ1) is 12.5. The molecule has 0 aromatic heterocycles. The molecular weight excluding hydrogens is 344 g/mol. The van der Waals surface area contributed by atoms with E-state index in [0.717, 1.165) is 16.8 Å². The molecule has 0 aliphatic carbocycles. The van der Waals surface area contributed by atoms with Gasteiger partial charge in [0, 0.05) is 12.2 Å². The van der Waals surface area contributed by atoms with Crippen molar-refractivity contribution in [2.24, 2.45) is 0 Å². The van der Waals surface area contributed by atoms with Gasteiger partial charge >= 0.3 is 0 Å². The highest BCUT2D eigenvalue weighted by molar-refractivity contribution is 7.89. The van der Waals surface area contributed by atoms with Crippen molar-refractivity contribution in [2.75, 3.05) is 11.9 Å². The average molecular weight is 366 g/mol. The Labute approximate surface area is 155 Å². The minimum atomic E-state index is -3.56. The Kier molecular flexibility index (Phi) is 5.71. The molecule has 0 fully saturated rings. The topological polar surface area (TPSA) is 58.2 Å². The fourth-order valence-corrected chi connectivity index (χ4v) is 3.71. The average Bonchev–Trinajstić information content (AvgIpc) is 2.67. The fourth-order valence-electron chi connectivity index (χ4n) is 2.67. The van der Waals surface area contributed by atoms with Crippen molar-refractivity contribution in [1.82, 2.24) is 4.72 Å². The van der Waals surface area contributed by atoms with Crippen molar-refractivity contribution >= 4 is 15.7 Å². The third kappa shape index (κ3) is 4.71. The molecule has 3 rings (SSSR count). The Morgan fingerprint density at radius 1 is 0.808 bits per heavy atom. The van der Waals surface area contributed by atoms with Gasteiger partial charge in [-0.25, -0.2) is 13.1 Å². The van der Waals surface area contributed by atoms with Gasteiger partial charge in [-0.3, -0.25) is 0 Å². The van der Waals surface area contributed by atoms with Crippen LogP contribution in [0.15, 0.2) is 89.8 Å². The molecule has 0 unspecified atom stereocenters. The lowest BCUT2D eigenvalue weighted by molar-refractivity contribution is 0.576. The van der Waals surface area contributed by atoms with Crippen LogP contribution in [0.1, 0.15) is 17.2 Å². The molecular formula is C21H22N2O2S. The Balaban J connectivity index is 1.78. The third-order valence-electron chi connectivity index (χ3n) is 4.13. The molecule has 0 spiro atoms. The summed E-state index contributed by atoms with van der Waals surface area (Å²) in [6, 6.07) is 26.2. The number of para-hydroxylation sites is 1. The van der Waals surface area contributed by atoms with Gasteiger partial charge in [0.15, 0.2) is 0 Å². The summed E-state index contributed by atoms with van der Waals surface area (Å²) in [5.74, 6) is 0. The first-order valence-electron chi connectivity index (χ1n) is 8.47. The predicted octanol–water partition coefficient (Wildman–Crippen LogP) is 4.13. The number of hydrogen-bond donors (Lipinski definition) is 2. The van der Waals surface area contributed by atoms with Crippen LogP contribution in [0.3, 0.4) is 0 Å². The molecule has 0 saturated heterocycles. The van der Waals surface area contributed by atoms with Gasteiger partial charge in [-0.05, 0) is 36.8 Å². The van der Waals surface area contributed by atoms with Gasteiger partial charge in [-0.15, -0.1) is 0 Å². The molecule has 0 amide bonds. The highest BCUT2D eigenvalue weighted by atomic mass is 32.2. The van der Waals surface area contributed by atoms with Crippen LogP contribution in [-0.4, -0.2) is 15.0 Å². The summed E-state index contributed by atoms with van der Waals surface area (Å²) >= 11 is 0. The van der Waals surface area contributed by atoms with Crippen molar-refractivity contribution < 1.29 is 8.42 Å². The van der Waals surface area contributed by atoms with E-state index in [2.05, 4.69) is 10.0 Å². The molecule has 4 nitrogen and oxygen atoms in total. The summed E-state index contributed by atoms with van der Waals surface area (Å²) in [4.78, 5) is 0.273. The summed E-state index contributed by atoms with van der Waals surface area (Å²) in [5.41, 5.74) is 2.98. The Morgan fingerprint density at radius 2 is 1.38 bits per heavy atom. The Hall–Kier alpha value is -2.63. The molecule has 0 aliphatic heterocycles. The summed E-state index contributed by atoms with van der Waals surface area (Å²) in [5, 5.41) is 3.40. The molecule has 0 radical (unpaired) electrons. The summed E-state index contributed by atoms with van der Waals surface area (Å²) in [6.07, 6.45) is 0. The maximum Gasteiger partial charge on any atom is 0.240 e. The summed E-state index contributed by atoms with van der Waals surface area (Å²) in [6.45, 7) is 2.17. The number of hydrogen-bond acceptors (Lipinski definition) is 3. The van der Waals surface area contributed by atoms with E-state index in [1.165, 1.54) is 0 Å². The minimum Gasteiger partial charge on any atom is -0.377 e. The van der Waals surface area contributed by atoms with Crippen LogP contribution < -0.4 is 10.0 Å². The molecule has 5 heteroatoms. The van der Waals surface area contributed by atoms with Crippen molar-refractivity contribution in [3.8, 4) is 0 Å². The quantitative estimate of drug-likeness (QED) is 0.661. The number of aryl methyl sites for hydroxylation is 1. The number of benzene rings is 3. The second-order valence-corrected chi connectivity index (χ2v) is 7.91. The largest absolute Gasteiger partial charge is 0.377 e. The lowest BCUT2D eigenvalue weighted by atomic mass is 10.1. The molecule has 2 N–H and O–H groups in total. The van der Waals surface area contributed by atoms with Crippen LogP contribution in [0, 0.1) is 6.92 Å². The normalized spacial score (nSPS) is 12.5. The van der Waals surface area contributed by atoms with Crippen LogP contribution in [0.25, 0.3) is 0 Å². The minimum absolute atomic E-state index is 0.182. The zero-order valence-corrected chi connectivity index (χ0v) is 15.4. The van der Waals surface area contributed by atoms with Gasteiger partial charge in [0.05, 0.1) is 10.9 Å². The van der Waals surface area contributed by atoms with E-state index in [4.69, 9.17) is 0 Å². The van der Waals surface area contributed by atoms with Crippen LogP contribution >= 0.6 is 0 Å². The molecule has 1 atom stereocenters. The van der Waals surface area contributed by atoms with Gasteiger partial charge in [-0.1, -0.05) is 66.2 Å². The van der Waals surface area contributed by atoms with Crippen LogP contribution in [-0.2, 0) is 10.0 Å². The van der Waals surface area contributed by atoms with Crippen LogP contribution in [0.4, 0.5) is 5.69 Å². The standard InChI is InChI=1S/C21H22N2O2S/c1-17-12-14-20(15-13-17)26(24,25)22-16-21(18-8-4-2-5-9-18)23-19-10-6-3-7-11-19/h2-15,21-23H,16H2,1H3/t21-/m1/s1. The summed E-state index contributed by atoms with van der Waals surface area (Å²) < 4.78 is 27.9. The maximum absolute atomic E-state index is 12.6. The molecule has 3 aromatic carbocycles. The first kappa shape index (κ1) is 18.2. The van der Waals surface area contributed by atoms with Crippen molar-refractivity contribution in [1.29, 1.82) is 0 Å². The molecule has 134 valence electrons. The number of rotatable bonds is 7. The Bertz CT molecular complexity index is 925. The van der Waals surface area contributed by atoms with E-state index >= 15 is 0 Å². The molecule has 0 heterocycles. The van der Waals surface area contributed by atoms with Gasteiger partial charge in [0.1, 0.15) is 0 Å². The van der Waals surface area contributed by atoms with E-state index in [9.17, 15) is 8.42 Å². The van der Waals surface area contributed by atoms with Gasteiger partial charge in [0.25, 0.3) is 0 Å². The van der Waals surface area contributed by atoms with E-state index in [-0.39, 0.29) is 17.5 Å². The molecule has 0 aliphatic rings. The SMILES string of the molecule is Cc1ccc(S(=O)(=O)NC[C@@H](Nc2ccccc2)c2ccccc2)cc1. The lowest BCUT2D eigenvalue weighted by Gasteiger charge is -2.21. The molecule has 3 aromatic rings. The second-order valence-electron chi connectivity index (χ2n) is 6.14. The van der Waals surface area contributed by atoms with E-state index in [1.54, 1.807) is 24.3 Å². The maximum atomic E-state index is 12.6. The fraction of sp³-hybridized carbons (Fsp3) is 0.143. The number of sulfonamides is 1. The van der Waals surface area contributed by atoms with Crippen molar-refractivity contribution in [3.05, 3.63) is 96.1 Å². The molecule has 0 saturated carbocycles. The Morgan fingerprint density at radius 3 is 2.00 bits per heavy atom. The molecule has 0 bridgehead atoms. The van der Waals surface area contributed by atoms with Crippen molar-refractivity contribution in [3.63, 3.8) is 0 Å². The zero-order chi connectivity index (χ0) is 18.4. The van der Waals surface area contributed by atoms with E-state index in [1.807, 2.05) is 67.6 Å². The number of nitrogens with one attached hydrogen (secondary N) is 2.